The Balaban J connectivity index is 2.18. The molecule has 0 bridgehead atoms. The fourth-order valence-electron chi connectivity index (χ4n) is 3.25. The van der Waals surface area contributed by atoms with Crippen molar-refractivity contribution in [2.45, 2.75) is 51.7 Å². The van der Waals surface area contributed by atoms with Crippen LogP contribution >= 0.6 is 0 Å². The zero-order valence-electron chi connectivity index (χ0n) is 16.0. The van der Waals surface area contributed by atoms with Crippen LogP contribution in [0.25, 0.3) is 0 Å². The van der Waals surface area contributed by atoms with Gasteiger partial charge in [0.1, 0.15) is 18.2 Å². The Morgan fingerprint density at radius 1 is 1.58 bits per heavy atom. The van der Waals surface area contributed by atoms with Crippen LogP contribution in [0.1, 0.15) is 45.5 Å². The summed E-state index contributed by atoms with van der Waals surface area (Å²) < 4.78 is 5.58. The van der Waals surface area contributed by atoms with Crippen molar-refractivity contribution in [2.24, 2.45) is 5.92 Å². The van der Waals surface area contributed by atoms with Gasteiger partial charge < -0.3 is 9.64 Å². The normalized spacial score (nSPS) is 20.5. The zero-order valence-corrected chi connectivity index (χ0v) is 16.0. The minimum atomic E-state index is -0.264. The Hall–Kier alpha value is -1.99. The molecule has 1 fully saturated rings. The molecular weight excluding hydrogens is 330 g/mol. The summed E-state index contributed by atoms with van der Waals surface area (Å²) in [5.41, 5.74) is 0. The van der Waals surface area contributed by atoms with Gasteiger partial charge >= 0.3 is 0 Å². The number of nitrogens with zero attached hydrogens (tertiary/aromatic N) is 3. The van der Waals surface area contributed by atoms with Crippen molar-refractivity contribution < 1.29 is 9.53 Å². The second-order valence-corrected chi connectivity index (χ2v) is 7.00. The van der Waals surface area contributed by atoms with E-state index in [1.807, 2.05) is 24.0 Å². The minimum Gasteiger partial charge on any atom is -0.377 e. The molecule has 2 rings (SSSR count). The molecule has 26 heavy (non-hydrogen) atoms. The highest BCUT2D eigenvalue weighted by Gasteiger charge is 2.35. The molecule has 144 valence electrons. The number of ether oxygens (including phenoxy) is 1. The number of rotatable bonds is 9. The fraction of sp³-hybridized carbons (Fsp3) is 0.632. The number of hydrogen-bond donors (Lipinski definition) is 2. The second-order valence-electron chi connectivity index (χ2n) is 7.00. The molecule has 7 nitrogen and oxygen atoms in total. The SMILES string of the molecule is C=CCC(/C=C\C)NC(CC(C)C)C(=O)N1CCOCC1c1ncn[nH]1. The van der Waals surface area contributed by atoms with E-state index in [0.29, 0.717) is 31.5 Å². The first-order valence-electron chi connectivity index (χ1n) is 9.30. The number of aromatic nitrogens is 3. The predicted molar refractivity (Wildman–Crippen MR) is 101 cm³/mol. The van der Waals surface area contributed by atoms with Crippen molar-refractivity contribution in [3.05, 3.63) is 37.0 Å². The number of amides is 1. The summed E-state index contributed by atoms with van der Waals surface area (Å²) in [5, 5.41) is 10.3. The lowest BCUT2D eigenvalue weighted by Gasteiger charge is -2.37. The van der Waals surface area contributed by atoms with Crippen LogP contribution in [0.3, 0.4) is 0 Å². The van der Waals surface area contributed by atoms with E-state index in [1.54, 1.807) is 0 Å². The number of carbonyl (C=O) groups excluding carboxylic acids is 1. The second kappa shape index (κ2) is 10.2. The molecule has 2 heterocycles. The molecule has 0 radical (unpaired) electrons. The summed E-state index contributed by atoms with van der Waals surface area (Å²) in [6, 6.07) is -0.399. The smallest absolute Gasteiger partial charge is 0.240 e. The standard InChI is InChI=1S/C19H31N5O2/c1-5-7-15(8-6-2)22-16(11-14(3)4)19(25)24-9-10-26-12-17(24)18-20-13-21-23-18/h5-6,8,13-17,22H,1,7,9-12H2,2-4H3,(H,20,21,23)/b8-6-. The van der Waals surface area contributed by atoms with E-state index in [0.717, 1.165) is 12.8 Å². The molecule has 1 aliphatic rings. The van der Waals surface area contributed by atoms with Crippen molar-refractivity contribution in [3.8, 4) is 0 Å². The highest BCUT2D eigenvalue weighted by atomic mass is 16.5. The fourth-order valence-corrected chi connectivity index (χ4v) is 3.25. The molecule has 0 saturated carbocycles. The first kappa shape index (κ1) is 20.3. The van der Waals surface area contributed by atoms with Gasteiger partial charge in [0.25, 0.3) is 0 Å². The largest absolute Gasteiger partial charge is 0.377 e. The third kappa shape index (κ3) is 5.51. The first-order valence-corrected chi connectivity index (χ1v) is 9.30. The molecule has 0 aliphatic carbocycles. The molecule has 7 heteroatoms. The van der Waals surface area contributed by atoms with Crippen LogP contribution in [-0.4, -0.2) is 57.8 Å². The number of hydrogen-bond acceptors (Lipinski definition) is 5. The van der Waals surface area contributed by atoms with Gasteiger partial charge in [0.2, 0.25) is 5.91 Å². The predicted octanol–water partition coefficient (Wildman–Crippen LogP) is 2.23. The van der Waals surface area contributed by atoms with E-state index < -0.39 is 0 Å². The Morgan fingerprint density at radius 2 is 2.38 bits per heavy atom. The van der Waals surface area contributed by atoms with E-state index in [1.165, 1.54) is 6.33 Å². The van der Waals surface area contributed by atoms with E-state index in [2.05, 4.69) is 47.0 Å². The maximum Gasteiger partial charge on any atom is 0.240 e. The number of H-pyrrole nitrogens is 1. The van der Waals surface area contributed by atoms with E-state index in [4.69, 9.17) is 4.74 Å². The van der Waals surface area contributed by atoms with Crippen LogP contribution in [0, 0.1) is 5.92 Å². The molecule has 1 saturated heterocycles. The minimum absolute atomic E-state index is 0.0852. The summed E-state index contributed by atoms with van der Waals surface area (Å²) in [6.07, 6.45) is 8.97. The van der Waals surface area contributed by atoms with Crippen molar-refractivity contribution in [1.82, 2.24) is 25.4 Å². The van der Waals surface area contributed by atoms with Crippen LogP contribution in [0.5, 0.6) is 0 Å². The molecule has 0 spiro atoms. The van der Waals surface area contributed by atoms with Gasteiger partial charge in [-0.2, -0.15) is 5.10 Å². The third-order valence-electron chi connectivity index (χ3n) is 4.43. The van der Waals surface area contributed by atoms with Gasteiger partial charge in [-0.3, -0.25) is 15.2 Å². The lowest BCUT2D eigenvalue weighted by Crippen LogP contribution is -2.54. The molecular formula is C19H31N5O2. The summed E-state index contributed by atoms with van der Waals surface area (Å²) in [6.45, 7) is 11.6. The maximum absolute atomic E-state index is 13.4. The average molecular weight is 361 g/mol. The Morgan fingerprint density at radius 3 is 3.00 bits per heavy atom. The number of allylic oxidation sites excluding steroid dienone is 1. The summed E-state index contributed by atoms with van der Waals surface area (Å²) in [7, 11) is 0. The Bertz CT molecular complexity index is 585. The number of carbonyl (C=O) groups is 1. The van der Waals surface area contributed by atoms with Crippen LogP contribution in [-0.2, 0) is 9.53 Å². The zero-order chi connectivity index (χ0) is 18.9. The molecule has 0 aromatic carbocycles. The van der Waals surface area contributed by atoms with Crippen LogP contribution in [0.4, 0.5) is 0 Å². The number of morpholine rings is 1. The first-order chi connectivity index (χ1) is 12.6. The quantitative estimate of drug-likeness (QED) is 0.659. The molecule has 1 aliphatic heterocycles. The topological polar surface area (TPSA) is 83.1 Å². The summed E-state index contributed by atoms with van der Waals surface area (Å²) >= 11 is 0. The number of aromatic amines is 1. The van der Waals surface area contributed by atoms with Crippen molar-refractivity contribution in [2.75, 3.05) is 19.8 Å². The molecule has 3 unspecified atom stereocenters. The van der Waals surface area contributed by atoms with Crippen LogP contribution in [0.2, 0.25) is 0 Å². The lowest BCUT2D eigenvalue weighted by molar-refractivity contribution is -0.143. The Kier molecular flexibility index (Phi) is 8.00. The van der Waals surface area contributed by atoms with Crippen molar-refractivity contribution in [3.63, 3.8) is 0 Å². The van der Waals surface area contributed by atoms with Crippen LogP contribution < -0.4 is 5.32 Å². The van der Waals surface area contributed by atoms with Crippen LogP contribution in [0.15, 0.2) is 31.1 Å². The monoisotopic (exact) mass is 361 g/mol. The highest BCUT2D eigenvalue weighted by molar-refractivity contribution is 5.82. The molecule has 3 atom stereocenters. The summed E-state index contributed by atoms with van der Waals surface area (Å²) in [5.74, 6) is 1.15. The van der Waals surface area contributed by atoms with Gasteiger partial charge in [0.15, 0.2) is 0 Å². The van der Waals surface area contributed by atoms with Gasteiger partial charge in [0, 0.05) is 12.6 Å². The van der Waals surface area contributed by atoms with E-state index in [-0.39, 0.29) is 24.0 Å². The molecule has 1 aromatic rings. The van der Waals surface area contributed by atoms with Gasteiger partial charge in [-0.1, -0.05) is 32.1 Å². The van der Waals surface area contributed by atoms with Crippen molar-refractivity contribution >= 4 is 5.91 Å². The maximum atomic E-state index is 13.4. The van der Waals surface area contributed by atoms with Gasteiger partial charge in [-0.25, -0.2) is 4.98 Å². The summed E-state index contributed by atoms with van der Waals surface area (Å²) in [4.78, 5) is 19.5. The van der Waals surface area contributed by atoms with Crippen molar-refractivity contribution in [1.29, 1.82) is 0 Å². The molecule has 1 amide bonds. The van der Waals surface area contributed by atoms with Gasteiger partial charge in [0.05, 0.1) is 19.3 Å². The average Bonchev–Trinajstić information content (AvgIpc) is 3.15. The van der Waals surface area contributed by atoms with E-state index in [9.17, 15) is 4.79 Å². The molecule has 2 N–H and O–H groups in total. The van der Waals surface area contributed by atoms with Gasteiger partial charge in [-0.15, -0.1) is 6.58 Å². The third-order valence-corrected chi connectivity index (χ3v) is 4.43. The highest BCUT2D eigenvalue weighted by Crippen LogP contribution is 2.23. The lowest BCUT2D eigenvalue weighted by atomic mass is 9.99. The molecule has 1 aromatic heterocycles. The number of nitrogens with one attached hydrogen (secondary N) is 2. The Labute approximate surface area is 155 Å². The van der Waals surface area contributed by atoms with E-state index >= 15 is 0 Å². The van der Waals surface area contributed by atoms with Gasteiger partial charge in [-0.05, 0) is 25.7 Å².